The van der Waals surface area contributed by atoms with Crippen molar-refractivity contribution in [1.82, 2.24) is 4.90 Å². The summed E-state index contributed by atoms with van der Waals surface area (Å²) in [4.78, 5) is 12.7. The summed E-state index contributed by atoms with van der Waals surface area (Å²) in [6.45, 7) is 0.756. The molecule has 11 heavy (non-hydrogen) atoms. The molecule has 1 aliphatic rings. The van der Waals surface area contributed by atoms with Crippen molar-refractivity contribution < 1.29 is 4.79 Å². The van der Waals surface area contributed by atoms with E-state index in [-0.39, 0.29) is 17.8 Å². The third kappa shape index (κ3) is 1.71. The van der Waals surface area contributed by atoms with E-state index in [4.69, 9.17) is 17.0 Å². The van der Waals surface area contributed by atoms with Crippen molar-refractivity contribution in [2.75, 3.05) is 12.4 Å². The molecule has 0 aromatic heterocycles. The number of alkyl halides is 1. The number of nitrogens with one attached hydrogen (secondary N) is 1. The molecule has 1 amide bonds. The van der Waals surface area contributed by atoms with Gasteiger partial charge >= 0.3 is 0 Å². The van der Waals surface area contributed by atoms with Gasteiger partial charge < -0.3 is 10.3 Å². The summed E-state index contributed by atoms with van der Waals surface area (Å²) in [5.74, 6) is -0.0256. The first-order valence-corrected chi connectivity index (χ1v) is 4.19. The van der Waals surface area contributed by atoms with E-state index in [1.807, 2.05) is 0 Å². The zero-order valence-electron chi connectivity index (χ0n) is 6.22. The van der Waals surface area contributed by atoms with Crippen molar-refractivity contribution in [3.8, 4) is 0 Å². The minimum atomic E-state index is -0.0577. The van der Waals surface area contributed by atoms with Crippen LogP contribution in [0.1, 0.15) is 12.8 Å². The van der Waals surface area contributed by atoms with Gasteiger partial charge in [-0.1, -0.05) is 0 Å². The number of carbonyl (C=O) groups excluding carboxylic acids is 1. The maximum atomic E-state index is 11.1. The fourth-order valence-corrected chi connectivity index (χ4v) is 1.51. The lowest BCUT2D eigenvalue weighted by Crippen LogP contribution is -2.36. The SMILES string of the molecule is N=CC1CCCN1C(=O)CCl. The van der Waals surface area contributed by atoms with Crippen LogP contribution < -0.4 is 0 Å². The van der Waals surface area contributed by atoms with Crippen LogP contribution in [-0.2, 0) is 4.79 Å². The van der Waals surface area contributed by atoms with E-state index < -0.39 is 0 Å². The van der Waals surface area contributed by atoms with Crippen LogP contribution in [0.3, 0.4) is 0 Å². The second kappa shape index (κ2) is 3.72. The predicted octanol–water partition coefficient (Wildman–Crippen LogP) is 0.866. The average molecular weight is 175 g/mol. The smallest absolute Gasteiger partial charge is 0.238 e. The van der Waals surface area contributed by atoms with E-state index in [0.29, 0.717) is 0 Å². The number of amides is 1. The van der Waals surface area contributed by atoms with Crippen molar-refractivity contribution in [1.29, 1.82) is 5.41 Å². The predicted molar refractivity (Wildman–Crippen MR) is 44.2 cm³/mol. The zero-order valence-corrected chi connectivity index (χ0v) is 6.97. The van der Waals surface area contributed by atoms with E-state index in [9.17, 15) is 4.79 Å². The molecule has 0 radical (unpaired) electrons. The van der Waals surface area contributed by atoms with Gasteiger partial charge in [0.05, 0.1) is 6.04 Å². The molecule has 0 saturated carbocycles. The van der Waals surface area contributed by atoms with E-state index in [1.165, 1.54) is 6.21 Å². The molecule has 1 fully saturated rings. The number of hydrogen-bond donors (Lipinski definition) is 1. The maximum absolute atomic E-state index is 11.1. The Hall–Kier alpha value is -0.570. The number of hydrogen-bond acceptors (Lipinski definition) is 2. The lowest BCUT2D eigenvalue weighted by molar-refractivity contribution is -0.128. The Morgan fingerprint density at radius 3 is 3.09 bits per heavy atom. The molecular formula is C7H11ClN2O. The van der Waals surface area contributed by atoms with Crippen LogP contribution in [0.4, 0.5) is 0 Å². The minimum absolute atomic E-state index is 0.00116. The standard InChI is InChI=1S/C7H11ClN2O/c8-4-7(11)10-3-1-2-6(10)5-9/h5-6,9H,1-4H2. The van der Waals surface area contributed by atoms with Gasteiger partial charge in [0.2, 0.25) is 5.91 Å². The largest absolute Gasteiger partial charge is 0.334 e. The molecule has 0 bridgehead atoms. The van der Waals surface area contributed by atoms with Crippen LogP contribution in [0.25, 0.3) is 0 Å². The van der Waals surface area contributed by atoms with Gasteiger partial charge in [-0.05, 0) is 12.8 Å². The first-order chi connectivity index (χ1) is 5.29. The van der Waals surface area contributed by atoms with Crippen LogP contribution in [0, 0.1) is 5.41 Å². The van der Waals surface area contributed by atoms with Crippen molar-refractivity contribution >= 4 is 23.7 Å². The topological polar surface area (TPSA) is 44.2 Å². The van der Waals surface area contributed by atoms with Gasteiger partial charge in [0.15, 0.2) is 0 Å². The van der Waals surface area contributed by atoms with Crippen LogP contribution in [-0.4, -0.2) is 35.5 Å². The number of carbonyl (C=O) groups is 1. The summed E-state index contributed by atoms with van der Waals surface area (Å²) < 4.78 is 0. The summed E-state index contributed by atoms with van der Waals surface area (Å²) in [5, 5.41) is 7.04. The monoisotopic (exact) mass is 174 g/mol. The Bertz CT molecular complexity index is 172. The summed E-state index contributed by atoms with van der Waals surface area (Å²) in [7, 11) is 0. The van der Waals surface area contributed by atoms with Crippen molar-refractivity contribution in [2.24, 2.45) is 0 Å². The Morgan fingerprint density at radius 1 is 1.82 bits per heavy atom. The average Bonchev–Trinajstić information content (AvgIpc) is 2.50. The molecule has 1 atom stereocenters. The zero-order chi connectivity index (χ0) is 8.27. The van der Waals surface area contributed by atoms with Crippen molar-refractivity contribution in [2.45, 2.75) is 18.9 Å². The van der Waals surface area contributed by atoms with E-state index in [2.05, 4.69) is 0 Å². The first kappa shape index (κ1) is 8.53. The highest BCUT2D eigenvalue weighted by atomic mass is 35.5. The highest BCUT2D eigenvalue weighted by Crippen LogP contribution is 2.15. The van der Waals surface area contributed by atoms with Crippen molar-refractivity contribution in [3.63, 3.8) is 0 Å². The molecule has 1 N–H and O–H groups in total. The van der Waals surface area contributed by atoms with Gasteiger partial charge in [0, 0.05) is 12.8 Å². The molecule has 0 aliphatic carbocycles. The number of likely N-dealkylation sites (tertiary alicyclic amines) is 1. The van der Waals surface area contributed by atoms with Gasteiger partial charge in [0.25, 0.3) is 0 Å². The Labute approximate surface area is 70.8 Å². The Morgan fingerprint density at radius 2 is 2.55 bits per heavy atom. The van der Waals surface area contributed by atoms with Gasteiger partial charge in [-0.2, -0.15) is 0 Å². The van der Waals surface area contributed by atoms with Gasteiger partial charge in [-0.15, -0.1) is 11.6 Å². The molecule has 62 valence electrons. The molecule has 1 heterocycles. The number of halogens is 1. The summed E-state index contributed by atoms with van der Waals surface area (Å²) >= 11 is 5.39. The van der Waals surface area contributed by atoms with Crippen molar-refractivity contribution in [3.05, 3.63) is 0 Å². The van der Waals surface area contributed by atoms with Gasteiger partial charge in [-0.3, -0.25) is 4.79 Å². The fourth-order valence-electron chi connectivity index (χ4n) is 1.35. The third-order valence-corrected chi connectivity index (χ3v) is 2.15. The Kier molecular flexibility index (Phi) is 2.88. The van der Waals surface area contributed by atoms with E-state index in [1.54, 1.807) is 4.90 Å². The summed E-state index contributed by atoms with van der Waals surface area (Å²) in [6.07, 6.45) is 3.21. The highest BCUT2D eigenvalue weighted by Gasteiger charge is 2.25. The molecule has 1 saturated heterocycles. The lowest BCUT2D eigenvalue weighted by atomic mass is 10.2. The fraction of sp³-hybridized carbons (Fsp3) is 0.714. The third-order valence-electron chi connectivity index (χ3n) is 1.93. The van der Waals surface area contributed by atoms with Crippen LogP contribution in [0.2, 0.25) is 0 Å². The second-order valence-corrected chi connectivity index (χ2v) is 2.86. The second-order valence-electron chi connectivity index (χ2n) is 2.60. The highest BCUT2D eigenvalue weighted by molar-refractivity contribution is 6.27. The first-order valence-electron chi connectivity index (χ1n) is 3.65. The molecule has 4 heteroatoms. The molecule has 0 spiro atoms. The summed E-state index contributed by atoms with van der Waals surface area (Å²) in [6, 6.07) is 0.00116. The van der Waals surface area contributed by atoms with E-state index >= 15 is 0 Å². The number of rotatable bonds is 2. The lowest BCUT2D eigenvalue weighted by Gasteiger charge is -2.19. The van der Waals surface area contributed by atoms with Crippen LogP contribution in [0.5, 0.6) is 0 Å². The van der Waals surface area contributed by atoms with Gasteiger partial charge in [-0.25, -0.2) is 0 Å². The number of nitrogens with zero attached hydrogens (tertiary/aromatic N) is 1. The summed E-state index contributed by atoms with van der Waals surface area (Å²) in [5.41, 5.74) is 0. The molecule has 1 rings (SSSR count). The molecule has 1 aliphatic heterocycles. The quantitative estimate of drug-likeness (QED) is 0.490. The molecule has 0 aromatic rings. The van der Waals surface area contributed by atoms with E-state index in [0.717, 1.165) is 19.4 Å². The molecule has 0 aromatic carbocycles. The van der Waals surface area contributed by atoms with Gasteiger partial charge in [0.1, 0.15) is 5.88 Å². The maximum Gasteiger partial charge on any atom is 0.238 e. The molecule has 1 unspecified atom stereocenters. The minimum Gasteiger partial charge on any atom is -0.334 e. The molecular weight excluding hydrogens is 164 g/mol. The molecule has 3 nitrogen and oxygen atoms in total. The van der Waals surface area contributed by atoms with Crippen LogP contribution >= 0.6 is 11.6 Å². The Balaban J connectivity index is 2.56. The normalized spacial score (nSPS) is 23.7. The van der Waals surface area contributed by atoms with Crippen LogP contribution in [0.15, 0.2) is 0 Å².